The highest BCUT2D eigenvalue weighted by atomic mass is 35.5. The van der Waals surface area contributed by atoms with E-state index in [4.69, 9.17) is 26.8 Å². The van der Waals surface area contributed by atoms with Crippen molar-refractivity contribution in [2.45, 2.75) is 11.3 Å². The van der Waals surface area contributed by atoms with Crippen LogP contribution in [0.3, 0.4) is 0 Å². The number of benzene rings is 1. The molecule has 1 rings (SSSR count). The van der Waals surface area contributed by atoms with E-state index < -0.39 is 10.0 Å². The number of ether oxygens (including phenoxy) is 2. The molecule has 1 aromatic carbocycles. The first kappa shape index (κ1) is 18.2. The van der Waals surface area contributed by atoms with Crippen molar-refractivity contribution in [3.8, 4) is 0 Å². The lowest BCUT2D eigenvalue weighted by Crippen LogP contribution is -2.35. The van der Waals surface area contributed by atoms with E-state index in [9.17, 15) is 8.42 Å². The van der Waals surface area contributed by atoms with Gasteiger partial charge in [-0.1, -0.05) is 11.6 Å². The summed E-state index contributed by atoms with van der Waals surface area (Å²) in [6, 6.07) is 4.40. The molecule has 8 heteroatoms. The summed E-state index contributed by atoms with van der Waals surface area (Å²) < 4.78 is 36.7. The first-order chi connectivity index (χ1) is 9.93. The van der Waals surface area contributed by atoms with Crippen LogP contribution in [-0.2, 0) is 19.5 Å². The number of halogens is 1. The fraction of sp³-hybridized carbons (Fsp3) is 0.538. The molecule has 0 aliphatic carbocycles. The summed E-state index contributed by atoms with van der Waals surface area (Å²) in [4.78, 5) is 0.0171. The summed E-state index contributed by atoms with van der Waals surface area (Å²) in [6.45, 7) is 1.34. The van der Waals surface area contributed by atoms with Gasteiger partial charge in [0.15, 0.2) is 0 Å². The lowest BCUT2D eigenvalue weighted by atomic mass is 10.3. The Hall–Kier alpha value is -0.860. The molecule has 0 spiro atoms. The number of nitrogens with zero attached hydrogens (tertiary/aromatic N) is 1. The third-order valence-corrected chi connectivity index (χ3v) is 5.08. The molecule has 0 aliphatic rings. The van der Waals surface area contributed by atoms with E-state index in [1.165, 1.54) is 23.5 Å². The van der Waals surface area contributed by atoms with Crippen molar-refractivity contribution >= 4 is 27.3 Å². The number of rotatable bonds is 9. The SMILES string of the molecule is COCCCN(CCOC)S(=O)(=O)c1cc(Cl)ccc1N. The standard InChI is InChI=1S/C13H21ClN2O4S/c1-19-8-3-6-16(7-9-20-2)21(17,18)13-10-11(14)4-5-12(13)15/h4-5,10H,3,6-9,15H2,1-2H3. The van der Waals surface area contributed by atoms with Crippen molar-refractivity contribution in [3.63, 3.8) is 0 Å². The van der Waals surface area contributed by atoms with Crippen molar-refractivity contribution in [1.29, 1.82) is 0 Å². The van der Waals surface area contributed by atoms with Gasteiger partial charge in [0.05, 0.1) is 12.3 Å². The summed E-state index contributed by atoms with van der Waals surface area (Å²) in [7, 11) is -0.625. The predicted octanol–water partition coefficient (Wildman–Crippen LogP) is 1.60. The van der Waals surface area contributed by atoms with Gasteiger partial charge in [-0.05, 0) is 24.6 Å². The number of sulfonamides is 1. The van der Waals surface area contributed by atoms with Crippen LogP contribution >= 0.6 is 11.6 Å². The molecule has 2 N–H and O–H groups in total. The van der Waals surface area contributed by atoms with Crippen LogP contribution < -0.4 is 5.73 Å². The quantitative estimate of drug-likeness (QED) is 0.547. The molecule has 0 atom stereocenters. The van der Waals surface area contributed by atoms with E-state index in [1.54, 1.807) is 13.2 Å². The van der Waals surface area contributed by atoms with Crippen molar-refractivity contribution in [2.24, 2.45) is 0 Å². The maximum absolute atomic E-state index is 12.7. The molecule has 0 saturated heterocycles. The number of nitrogens with two attached hydrogens (primary N) is 1. The Morgan fingerprint density at radius 2 is 1.86 bits per heavy atom. The van der Waals surface area contributed by atoms with Gasteiger partial charge in [-0.15, -0.1) is 0 Å². The average Bonchev–Trinajstić information content (AvgIpc) is 2.45. The maximum atomic E-state index is 12.7. The summed E-state index contributed by atoms with van der Waals surface area (Å²) in [5.74, 6) is 0. The largest absolute Gasteiger partial charge is 0.398 e. The van der Waals surface area contributed by atoms with Crippen LogP contribution in [-0.4, -0.2) is 53.2 Å². The molecule has 0 amide bonds. The lowest BCUT2D eigenvalue weighted by Gasteiger charge is -2.22. The summed E-state index contributed by atoms with van der Waals surface area (Å²) in [6.07, 6.45) is 0.583. The predicted molar refractivity (Wildman–Crippen MR) is 83.0 cm³/mol. The van der Waals surface area contributed by atoms with Gasteiger partial charge in [0.1, 0.15) is 4.90 Å². The van der Waals surface area contributed by atoms with Gasteiger partial charge in [0, 0.05) is 38.9 Å². The van der Waals surface area contributed by atoms with Gasteiger partial charge in [-0.3, -0.25) is 0 Å². The zero-order chi connectivity index (χ0) is 15.9. The smallest absolute Gasteiger partial charge is 0.245 e. The zero-order valence-electron chi connectivity index (χ0n) is 12.2. The normalized spacial score (nSPS) is 12.0. The maximum Gasteiger partial charge on any atom is 0.245 e. The Morgan fingerprint density at radius 1 is 1.19 bits per heavy atom. The summed E-state index contributed by atoms with van der Waals surface area (Å²) >= 11 is 5.88. The Morgan fingerprint density at radius 3 is 2.48 bits per heavy atom. The van der Waals surface area contributed by atoms with Crippen molar-refractivity contribution in [3.05, 3.63) is 23.2 Å². The Kier molecular flexibility index (Phi) is 7.41. The molecule has 21 heavy (non-hydrogen) atoms. The second-order valence-electron chi connectivity index (χ2n) is 4.43. The van der Waals surface area contributed by atoms with Gasteiger partial charge in [0.2, 0.25) is 10.0 Å². The van der Waals surface area contributed by atoms with E-state index in [0.29, 0.717) is 31.2 Å². The molecule has 0 aromatic heterocycles. The molecule has 0 aliphatic heterocycles. The number of hydrogen-bond donors (Lipinski definition) is 1. The molecule has 0 bridgehead atoms. The van der Waals surface area contributed by atoms with Crippen molar-refractivity contribution in [2.75, 3.05) is 46.3 Å². The van der Waals surface area contributed by atoms with E-state index >= 15 is 0 Å². The second-order valence-corrected chi connectivity index (χ2v) is 6.77. The fourth-order valence-corrected chi connectivity index (χ4v) is 3.64. The Labute approximate surface area is 130 Å². The fourth-order valence-electron chi connectivity index (χ4n) is 1.80. The third-order valence-electron chi connectivity index (χ3n) is 2.89. The molecule has 0 radical (unpaired) electrons. The van der Waals surface area contributed by atoms with Crippen LogP contribution in [0.1, 0.15) is 6.42 Å². The van der Waals surface area contributed by atoms with Gasteiger partial charge < -0.3 is 15.2 Å². The van der Waals surface area contributed by atoms with Crippen LogP contribution in [0.2, 0.25) is 5.02 Å². The molecular weight excluding hydrogens is 316 g/mol. The third kappa shape index (κ3) is 5.12. The molecule has 0 heterocycles. The first-order valence-electron chi connectivity index (χ1n) is 6.46. The minimum atomic E-state index is -3.72. The van der Waals surface area contributed by atoms with Gasteiger partial charge in [-0.25, -0.2) is 8.42 Å². The van der Waals surface area contributed by atoms with Crippen LogP contribution in [0.15, 0.2) is 23.1 Å². The lowest BCUT2D eigenvalue weighted by molar-refractivity contribution is 0.164. The molecular formula is C13H21ClN2O4S. The minimum absolute atomic E-state index is 0.0171. The monoisotopic (exact) mass is 336 g/mol. The minimum Gasteiger partial charge on any atom is -0.398 e. The van der Waals surface area contributed by atoms with Gasteiger partial charge in [0.25, 0.3) is 0 Å². The van der Waals surface area contributed by atoms with Crippen molar-refractivity contribution in [1.82, 2.24) is 4.31 Å². The number of anilines is 1. The Bertz CT molecular complexity index is 551. The van der Waals surface area contributed by atoms with Crippen molar-refractivity contribution < 1.29 is 17.9 Å². The number of hydrogen-bond acceptors (Lipinski definition) is 5. The highest BCUT2D eigenvalue weighted by Gasteiger charge is 2.26. The Balaban J connectivity index is 3.04. The van der Waals surface area contributed by atoms with Gasteiger partial charge >= 0.3 is 0 Å². The molecule has 120 valence electrons. The van der Waals surface area contributed by atoms with Crippen LogP contribution in [0.25, 0.3) is 0 Å². The molecule has 1 aromatic rings. The molecule has 0 fully saturated rings. The number of nitrogen functional groups attached to an aromatic ring is 1. The summed E-state index contributed by atoms with van der Waals surface area (Å²) in [5, 5.41) is 0.325. The highest BCUT2D eigenvalue weighted by molar-refractivity contribution is 7.89. The van der Waals surface area contributed by atoms with Crippen LogP contribution in [0, 0.1) is 0 Å². The van der Waals surface area contributed by atoms with E-state index in [-0.39, 0.29) is 17.1 Å². The zero-order valence-corrected chi connectivity index (χ0v) is 13.8. The van der Waals surface area contributed by atoms with E-state index in [2.05, 4.69) is 0 Å². The van der Waals surface area contributed by atoms with Crippen LogP contribution in [0.4, 0.5) is 5.69 Å². The number of methoxy groups -OCH3 is 2. The highest BCUT2D eigenvalue weighted by Crippen LogP contribution is 2.25. The average molecular weight is 337 g/mol. The van der Waals surface area contributed by atoms with Gasteiger partial charge in [-0.2, -0.15) is 4.31 Å². The molecule has 0 saturated carbocycles. The van der Waals surface area contributed by atoms with E-state index in [0.717, 1.165) is 0 Å². The molecule has 6 nitrogen and oxygen atoms in total. The van der Waals surface area contributed by atoms with Crippen LogP contribution in [0.5, 0.6) is 0 Å². The topological polar surface area (TPSA) is 81.9 Å². The summed E-state index contributed by atoms with van der Waals surface area (Å²) in [5.41, 5.74) is 5.95. The first-order valence-corrected chi connectivity index (χ1v) is 8.28. The molecule has 0 unspecified atom stereocenters. The van der Waals surface area contributed by atoms with E-state index in [1.807, 2.05) is 0 Å². The second kappa shape index (κ2) is 8.55.